The molecule has 8 nitrogen and oxygen atoms in total. The predicted octanol–water partition coefficient (Wildman–Crippen LogP) is 3.78. The molecule has 0 aliphatic heterocycles. The van der Waals surface area contributed by atoms with E-state index in [1.165, 1.54) is 4.68 Å². The van der Waals surface area contributed by atoms with Crippen LogP contribution in [0.25, 0.3) is 17.0 Å². The number of aromatic hydroxyl groups is 1. The Kier molecular flexibility index (Phi) is 5.58. The number of aliphatic hydroxyl groups excluding tert-OH is 1. The van der Waals surface area contributed by atoms with Gasteiger partial charge in [0.1, 0.15) is 23.3 Å². The maximum absolute atomic E-state index is 11.0. The molecule has 0 radical (unpaired) electrons. The first-order valence-electron chi connectivity index (χ1n) is 10.9. The van der Waals surface area contributed by atoms with Gasteiger partial charge in [0.05, 0.1) is 11.9 Å². The molecular formula is C25H24N6O2. The Morgan fingerprint density at radius 3 is 2.09 bits per heavy atom. The number of rotatable bonds is 7. The molecule has 2 N–H and O–H groups in total. The second-order valence-electron chi connectivity index (χ2n) is 7.95. The van der Waals surface area contributed by atoms with Gasteiger partial charge in [0.25, 0.3) is 0 Å². The van der Waals surface area contributed by atoms with Gasteiger partial charge in [-0.3, -0.25) is 4.40 Å². The largest absolute Gasteiger partial charge is 0.493 e. The minimum absolute atomic E-state index is 0.0767. The first kappa shape index (κ1) is 20.8. The van der Waals surface area contributed by atoms with Crippen LogP contribution in [-0.2, 0) is 12.8 Å². The van der Waals surface area contributed by atoms with Gasteiger partial charge in [-0.2, -0.15) is 0 Å². The molecule has 0 saturated heterocycles. The van der Waals surface area contributed by atoms with Gasteiger partial charge in [-0.1, -0.05) is 72.8 Å². The van der Waals surface area contributed by atoms with Crippen molar-refractivity contribution in [1.29, 1.82) is 0 Å². The molecule has 8 heteroatoms. The van der Waals surface area contributed by atoms with Gasteiger partial charge in [0, 0.05) is 19.0 Å². The van der Waals surface area contributed by atoms with Crippen molar-refractivity contribution in [3.8, 4) is 17.3 Å². The van der Waals surface area contributed by atoms with E-state index < -0.39 is 6.23 Å². The number of aromatic nitrogens is 6. The summed E-state index contributed by atoms with van der Waals surface area (Å²) in [5.41, 5.74) is 5.11. The lowest BCUT2D eigenvalue weighted by Crippen LogP contribution is -2.07. The number of nitrogens with zero attached hydrogens (tertiary/aromatic N) is 6. The van der Waals surface area contributed by atoms with Crippen LogP contribution in [0.1, 0.15) is 42.1 Å². The van der Waals surface area contributed by atoms with Crippen molar-refractivity contribution in [3.63, 3.8) is 0 Å². The Bertz CT molecular complexity index is 1380. The third-order valence-electron chi connectivity index (χ3n) is 5.59. The summed E-state index contributed by atoms with van der Waals surface area (Å²) in [4.78, 5) is 9.59. The van der Waals surface area contributed by atoms with Crippen molar-refractivity contribution >= 4 is 5.65 Å². The highest BCUT2D eigenvalue weighted by Crippen LogP contribution is 2.28. The quantitative estimate of drug-likeness (QED) is 0.399. The molecule has 3 aromatic heterocycles. The summed E-state index contributed by atoms with van der Waals surface area (Å²) in [6.07, 6.45) is 4.19. The molecule has 0 saturated carbocycles. The number of benzene rings is 2. The molecule has 0 bridgehead atoms. The average Bonchev–Trinajstić information content (AvgIpc) is 3.46. The molecule has 0 spiro atoms. The van der Waals surface area contributed by atoms with Crippen molar-refractivity contribution in [2.24, 2.45) is 0 Å². The van der Waals surface area contributed by atoms with E-state index in [-0.39, 0.29) is 5.88 Å². The maximum atomic E-state index is 11.0. The molecule has 3 heterocycles. The Hall–Kier alpha value is -4.04. The molecular weight excluding hydrogens is 416 g/mol. The number of hydrogen-bond donors (Lipinski definition) is 2. The fourth-order valence-electron chi connectivity index (χ4n) is 3.81. The second-order valence-corrected chi connectivity index (χ2v) is 7.95. The van der Waals surface area contributed by atoms with Gasteiger partial charge in [-0.25, -0.2) is 14.6 Å². The lowest BCUT2D eigenvalue weighted by molar-refractivity contribution is 0.0847. The van der Waals surface area contributed by atoms with E-state index in [0.717, 1.165) is 16.8 Å². The molecule has 0 fully saturated rings. The van der Waals surface area contributed by atoms with Crippen molar-refractivity contribution in [1.82, 2.24) is 29.4 Å². The summed E-state index contributed by atoms with van der Waals surface area (Å²) < 4.78 is 3.07. The lowest BCUT2D eigenvalue weighted by Gasteiger charge is -2.07. The molecule has 2 aromatic carbocycles. The number of hydrogen-bond acceptors (Lipinski definition) is 6. The van der Waals surface area contributed by atoms with Gasteiger partial charge in [0.2, 0.25) is 5.88 Å². The maximum Gasteiger partial charge on any atom is 0.219 e. The standard InChI is InChI=1S/C25H24N6O2/c1-2-23(32)31-16-22(28-29-31)21-15-30-24(19(26-21)13-17-9-5-3-6-10-17)27-20(25(30)33)14-18-11-7-4-8-12-18/h3-12,15-16,23,32-33H,2,13-14H2,1H3. The molecule has 1 atom stereocenters. The third-order valence-corrected chi connectivity index (χ3v) is 5.59. The van der Waals surface area contributed by atoms with Crippen molar-refractivity contribution in [2.75, 3.05) is 0 Å². The van der Waals surface area contributed by atoms with E-state index in [2.05, 4.69) is 10.3 Å². The summed E-state index contributed by atoms with van der Waals surface area (Å²) in [6.45, 7) is 1.87. The fraction of sp³-hybridized carbons (Fsp3) is 0.200. The Balaban J connectivity index is 1.62. The Labute approximate surface area is 190 Å². The molecule has 0 amide bonds. The van der Waals surface area contributed by atoms with Crippen LogP contribution in [0.2, 0.25) is 0 Å². The molecule has 5 rings (SSSR count). The van der Waals surface area contributed by atoms with Crippen LogP contribution in [0.4, 0.5) is 0 Å². The van der Waals surface area contributed by atoms with E-state index >= 15 is 0 Å². The number of aliphatic hydroxyl groups is 1. The van der Waals surface area contributed by atoms with E-state index in [4.69, 9.17) is 9.97 Å². The lowest BCUT2D eigenvalue weighted by atomic mass is 10.1. The van der Waals surface area contributed by atoms with Crippen LogP contribution in [0.15, 0.2) is 73.1 Å². The van der Waals surface area contributed by atoms with Gasteiger partial charge in [0.15, 0.2) is 5.65 Å². The van der Waals surface area contributed by atoms with Crippen LogP contribution in [0.3, 0.4) is 0 Å². The van der Waals surface area contributed by atoms with E-state index in [9.17, 15) is 10.2 Å². The van der Waals surface area contributed by atoms with Crippen LogP contribution in [-0.4, -0.2) is 39.6 Å². The zero-order chi connectivity index (χ0) is 22.8. The molecule has 33 heavy (non-hydrogen) atoms. The van der Waals surface area contributed by atoms with E-state index in [1.807, 2.05) is 67.6 Å². The van der Waals surface area contributed by atoms with Crippen LogP contribution in [0.5, 0.6) is 5.88 Å². The van der Waals surface area contributed by atoms with Gasteiger partial charge < -0.3 is 10.2 Å². The van der Waals surface area contributed by atoms with Gasteiger partial charge in [-0.15, -0.1) is 5.10 Å². The molecule has 166 valence electrons. The fourth-order valence-corrected chi connectivity index (χ4v) is 3.81. The molecule has 0 aliphatic carbocycles. The number of fused-ring (bicyclic) bond motifs is 1. The third kappa shape index (κ3) is 4.20. The molecule has 0 aliphatic rings. The minimum atomic E-state index is -0.752. The summed E-state index contributed by atoms with van der Waals surface area (Å²) in [5, 5.41) is 29.3. The summed E-state index contributed by atoms with van der Waals surface area (Å²) >= 11 is 0. The Morgan fingerprint density at radius 2 is 1.45 bits per heavy atom. The normalized spacial score (nSPS) is 12.3. The van der Waals surface area contributed by atoms with Crippen LogP contribution in [0, 0.1) is 0 Å². The summed E-state index contributed by atoms with van der Waals surface area (Å²) in [6, 6.07) is 19.9. The van der Waals surface area contributed by atoms with Gasteiger partial charge >= 0.3 is 0 Å². The Morgan fingerprint density at radius 1 is 0.818 bits per heavy atom. The average molecular weight is 441 g/mol. The number of imidazole rings is 1. The molecule has 1 unspecified atom stereocenters. The topological polar surface area (TPSA) is 101 Å². The summed E-state index contributed by atoms with van der Waals surface area (Å²) in [7, 11) is 0. The predicted molar refractivity (Wildman–Crippen MR) is 124 cm³/mol. The first-order chi connectivity index (χ1) is 16.1. The van der Waals surface area contributed by atoms with Crippen molar-refractivity contribution in [3.05, 3.63) is 95.6 Å². The van der Waals surface area contributed by atoms with Crippen molar-refractivity contribution < 1.29 is 10.2 Å². The van der Waals surface area contributed by atoms with E-state index in [0.29, 0.717) is 42.0 Å². The zero-order valence-corrected chi connectivity index (χ0v) is 18.2. The zero-order valence-electron chi connectivity index (χ0n) is 18.2. The highest BCUT2D eigenvalue weighted by atomic mass is 16.3. The summed E-state index contributed by atoms with van der Waals surface area (Å²) in [5.74, 6) is 0.0767. The highest BCUT2D eigenvalue weighted by Gasteiger charge is 2.19. The SMILES string of the molecule is CCC(O)n1cc(-c2cn3c(O)c(Cc4ccccc4)nc3c(Cc3ccccc3)n2)nn1. The van der Waals surface area contributed by atoms with E-state index in [1.54, 1.807) is 16.8 Å². The van der Waals surface area contributed by atoms with Crippen molar-refractivity contribution in [2.45, 2.75) is 32.4 Å². The van der Waals surface area contributed by atoms with Gasteiger partial charge in [-0.05, 0) is 17.5 Å². The smallest absolute Gasteiger partial charge is 0.219 e. The van der Waals surface area contributed by atoms with Crippen LogP contribution >= 0.6 is 0 Å². The second kappa shape index (κ2) is 8.84. The first-order valence-corrected chi connectivity index (χ1v) is 10.9. The van der Waals surface area contributed by atoms with Crippen LogP contribution < -0.4 is 0 Å². The highest BCUT2D eigenvalue weighted by molar-refractivity contribution is 5.60. The molecule has 5 aromatic rings. The monoisotopic (exact) mass is 440 g/mol. The minimum Gasteiger partial charge on any atom is -0.493 e.